The fraction of sp³-hybridized carbons (Fsp3) is 0.875. The molecule has 0 atom stereocenters. The zero-order valence-electron chi connectivity index (χ0n) is 13.9. The van der Waals surface area contributed by atoms with Crippen LogP contribution in [0.4, 0.5) is 0 Å². The molecule has 1 heterocycles. The van der Waals surface area contributed by atoms with Crippen LogP contribution in [0.1, 0.15) is 40.0 Å². The third-order valence-corrected chi connectivity index (χ3v) is 4.32. The minimum absolute atomic E-state index is 0.173. The molecule has 0 N–H and O–H groups in total. The first-order chi connectivity index (χ1) is 10.1. The molecule has 1 fully saturated rings. The standard InChI is InChI=1S/C16H31N3O2/c1-4-17(5-2)10-7-11-18(6-3)14-16(21)19-12-8-15(20)9-13-19/h4-14H2,1-3H3. The molecule has 0 aromatic heterocycles. The Kier molecular flexibility index (Phi) is 8.54. The molecule has 0 unspecified atom stereocenters. The van der Waals surface area contributed by atoms with Crippen LogP contribution in [0.5, 0.6) is 0 Å². The summed E-state index contributed by atoms with van der Waals surface area (Å²) in [6.45, 7) is 13.3. The van der Waals surface area contributed by atoms with Crippen LogP contribution in [0.2, 0.25) is 0 Å². The number of piperidine rings is 1. The van der Waals surface area contributed by atoms with E-state index in [1.165, 1.54) is 0 Å². The summed E-state index contributed by atoms with van der Waals surface area (Å²) < 4.78 is 0. The lowest BCUT2D eigenvalue weighted by atomic mass is 10.1. The molecule has 0 bridgehead atoms. The van der Waals surface area contributed by atoms with Crippen LogP contribution in [-0.4, -0.2) is 78.7 Å². The molecule has 21 heavy (non-hydrogen) atoms. The van der Waals surface area contributed by atoms with Gasteiger partial charge in [0, 0.05) is 25.9 Å². The molecule has 0 aliphatic carbocycles. The molecular formula is C16H31N3O2. The van der Waals surface area contributed by atoms with E-state index < -0.39 is 0 Å². The van der Waals surface area contributed by atoms with Crippen LogP contribution in [-0.2, 0) is 9.59 Å². The molecule has 0 aromatic carbocycles. The quantitative estimate of drug-likeness (QED) is 0.642. The van der Waals surface area contributed by atoms with Crippen molar-refractivity contribution in [3.05, 3.63) is 0 Å². The van der Waals surface area contributed by atoms with Crippen molar-refractivity contribution in [1.82, 2.24) is 14.7 Å². The van der Waals surface area contributed by atoms with Crippen molar-refractivity contribution in [2.24, 2.45) is 0 Å². The van der Waals surface area contributed by atoms with Crippen LogP contribution in [0, 0.1) is 0 Å². The molecule has 1 amide bonds. The molecule has 0 spiro atoms. The Balaban J connectivity index is 2.29. The molecule has 0 aromatic rings. The van der Waals surface area contributed by atoms with Gasteiger partial charge in [0.15, 0.2) is 0 Å². The van der Waals surface area contributed by atoms with Crippen molar-refractivity contribution in [3.63, 3.8) is 0 Å². The molecule has 122 valence electrons. The highest BCUT2D eigenvalue weighted by atomic mass is 16.2. The number of hydrogen-bond donors (Lipinski definition) is 0. The summed E-state index contributed by atoms with van der Waals surface area (Å²) in [5.74, 6) is 0.456. The Morgan fingerprint density at radius 1 is 1.00 bits per heavy atom. The molecule has 1 rings (SSSR count). The lowest BCUT2D eigenvalue weighted by Crippen LogP contribution is -2.44. The van der Waals surface area contributed by atoms with E-state index in [0.717, 1.165) is 39.1 Å². The van der Waals surface area contributed by atoms with Crippen molar-refractivity contribution in [3.8, 4) is 0 Å². The Morgan fingerprint density at radius 2 is 1.52 bits per heavy atom. The smallest absolute Gasteiger partial charge is 0.236 e. The Morgan fingerprint density at radius 3 is 2.05 bits per heavy atom. The third-order valence-electron chi connectivity index (χ3n) is 4.32. The van der Waals surface area contributed by atoms with Crippen LogP contribution in [0.15, 0.2) is 0 Å². The molecule has 5 heteroatoms. The zero-order chi connectivity index (χ0) is 15.7. The molecule has 0 saturated carbocycles. The highest BCUT2D eigenvalue weighted by Crippen LogP contribution is 2.07. The van der Waals surface area contributed by atoms with Crippen LogP contribution in [0.3, 0.4) is 0 Å². The number of hydrogen-bond acceptors (Lipinski definition) is 4. The van der Waals surface area contributed by atoms with Gasteiger partial charge in [0.2, 0.25) is 5.91 Å². The second-order valence-corrected chi connectivity index (χ2v) is 5.67. The normalized spacial score (nSPS) is 16.0. The fourth-order valence-corrected chi connectivity index (χ4v) is 2.70. The van der Waals surface area contributed by atoms with Gasteiger partial charge in [-0.1, -0.05) is 20.8 Å². The molecular weight excluding hydrogens is 266 g/mol. The highest BCUT2D eigenvalue weighted by molar-refractivity contribution is 5.84. The number of ketones is 1. The molecule has 1 saturated heterocycles. The molecule has 1 aliphatic heterocycles. The summed E-state index contributed by atoms with van der Waals surface area (Å²) in [5, 5.41) is 0. The number of likely N-dealkylation sites (tertiary alicyclic amines) is 1. The summed E-state index contributed by atoms with van der Waals surface area (Å²) in [4.78, 5) is 29.9. The van der Waals surface area contributed by atoms with Crippen molar-refractivity contribution < 1.29 is 9.59 Å². The summed E-state index contributed by atoms with van der Waals surface area (Å²) in [6.07, 6.45) is 2.15. The SMILES string of the molecule is CCN(CC)CCCN(CC)CC(=O)N1CCC(=O)CC1. The fourth-order valence-electron chi connectivity index (χ4n) is 2.70. The van der Waals surface area contributed by atoms with Gasteiger partial charge in [0.05, 0.1) is 6.54 Å². The number of rotatable bonds is 9. The predicted molar refractivity (Wildman–Crippen MR) is 85.3 cm³/mol. The van der Waals surface area contributed by atoms with Gasteiger partial charge >= 0.3 is 0 Å². The Hall–Kier alpha value is -0.940. The average Bonchev–Trinajstić information content (AvgIpc) is 2.50. The van der Waals surface area contributed by atoms with Gasteiger partial charge in [0.25, 0.3) is 0 Å². The number of nitrogens with zero attached hydrogens (tertiary/aromatic N) is 3. The topological polar surface area (TPSA) is 43.9 Å². The van der Waals surface area contributed by atoms with Gasteiger partial charge in [-0.2, -0.15) is 0 Å². The van der Waals surface area contributed by atoms with Gasteiger partial charge in [-0.15, -0.1) is 0 Å². The summed E-state index contributed by atoms with van der Waals surface area (Å²) in [6, 6.07) is 0. The minimum Gasteiger partial charge on any atom is -0.341 e. The largest absolute Gasteiger partial charge is 0.341 e. The highest BCUT2D eigenvalue weighted by Gasteiger charge is 2.21. The van der Waals surface area contributed by atoms with Gasteiger partial charge in [-0.05, 0) is 39.1 Å². The monoisotopic (exact) mass is 297 g/mol. The van der Waals surface area contributed by atoms with E-state index in [1.807, 2.05) is 4.90 Å². The lowest BCUT2D eigenvalue weighted by Gasteiger charge is -2.29. The van der Waals surface area contributed by atoms with Crippen molar-refractivity contribution in [2.45, 2.75) is 40.0 Å². The van der Waals surface area contributed by atoms with Gasteiger partial charge in [-0.3, -0.25) is 14.5 Å². The van der Waals surface area contributed by atoms with E-state index >= 15 is 0 Å². The van der Waals surface area contributed by atoms with Crippen molar-refractivity contribution >= 4 is 11.7 Å². The molecule has 1 aliphatic rings. The number of carbonyl (C=O) groups excluding carboxylic acids is 2. The zero-order valence-corrected chi connectivity index (χ0v) is 13.9. The maximum atomic E-state index is 12.2. The second-order valence-electron chi connectivity index (χ2n) is 5.67. The lowest BCUT2D eigenvalue weighted by molar-refractivity contribution is -0.135. The van der Waals surface area contributed by atoms with E-state index in [4.69, 9.17) is 0 Å². The maximum Gasteiger partial charge on any atom is 0.236 e. The summed E-state index contributed by atoms with van der Waals surface area (Å²) >= 11 is 0. The number of amides is 1. The van der Waals surface area contributed by atoms with Gasteiger partial charge in [-0.25, -0.2) is 0 Å². The number of Topliss-reactive ketones (excluding diaryl/α,β-unsaturated/α-hetero) is 1. The van der Waals surface area contributed by atoms with E-state index in [0.29, 0.717) is 32.5 Å². The van der Waals surface area contributed by atoms with Gasteiger partial charge in [0.1, 0.15) is 5.78 Å². The van der Waals surface area contributed by atoms with Gasteiger partial charge < -0.3 is 9.80 Å². The Bertz CT molecular complexity index is 319. The number of carbonyl (C=O) groups is 2. The summed E-state index contributed by atoms with van der Waals surface area (Å²) in [7, 11) is 0. The average molecular weight is 297 g/mol. The second kappa shape index (κ2) is 9.90. The van der Waals surface area contributed by atoms with Crippen LogP contribution in [0.25, 0.3) is 0 Å². The van der Waals surface area contributed by atoms with Crippen LogP contribution >= 0.6 is 0 Å². The third kappa shape index (κ3) is 6.57. The Labute approximate surface area is 129 Å². The van der Waals surface area contributed by atoms with Crippen molar-refractivity contribution in [1.29, 1.82) is 0 Å². The number of likely N-dealkylation sites (N-methyl/N-ethyl adjacent to an activating group) is 1. The summed E-state index contributed by atoms with van der Waals surface area (Å²) in [5.41, 5.74) is 0. The minimum atomic E-state index is 0.173. The molecule has 5 nitrogen and oxygen atoms in total. The van der Waals surface area contributed by atoms with E-state index in [9.17, 15) is 9.59 Å². The van der Waals surface area contributed by atoms with E-state index in [1.54, 1.807) is 0 Å². The first kappa shape index (κ1) is 18.1. The first-order valence-electron chi connectivity index (χ1n) is 8.34. The van der Waals surface area contributed by atoms with E-state index in [-0.39, 0.29) is 11.7 Å². The van der Waals surface area contributed by atoms with Crippen LogP contribution < -0.4 is 0 Å². The predicted octanol–water partition coefficient (Wildman–Crippen LogP) is 1.23. The maximum absolute atomic E-state index is 12.2. The first-order valence-corrected chi connectivity index (χ1v) is 8.34. The molecule has 0 radical (unpaired) electrons. The van der Waals surface area contributed by atoms with E-state index in [2.05, 4.69) is 30.6 Å². The van der Waals surface area contributed by atoms with Crippen molar-refractivity contribution in [2.75, 3.05) is 52.4 Å².